The summed E-state index contributed by atoms with van der Waals surface area (Å²) in [5, 5.41) is 7.64. The molecule has 0 unspecified atom stereocenters. The molecule has 1 aromatic rings. The van der Waals surface area contributed by atoms with Crippen molar-refractivity contribution >= 4 is 34.6 Å². The summed E-state index contributed by atoms with van der Waals surface area (Å²) in [6, 6.07) is 7.86. The minimum atomic E-state index is 0.0748. The van der Waals surface area contributed by atoms with Gasteiger partial charge in [-0.1, -0.05) is 18.2 Å². The Balaban J connectivity index is 2.51. The Bertz CT molecular complexity index is 553. The Hall–Kier alpha value is -1.95. The van der Waals surface area contributed by atoms with E-state index in [1.54, 1.807) is 4.90 Å². The van der Waals surface area contributed by atoms with Crippen molar-refractivity contribution in [3.05, 3.63) is 29.8 Å². The number of nitrogens with zero attached hydrogens (tertiary/aromatic N) is 2. The molecule has 0 aromatic heterocycles. The van der Waals surface area contributed by atoms with E-state index in [1.165, 1.54) is 0 Å². The highest BCUT2D eigenvalue weighted by Gasteiger charge is 2.10. The molecule has 0 radical (unpaired) electrons. The number of nitrogens with one attached hydrogen (secondary N) is 2. The Labute approximate surface area is 137 Å². The lowest BCUT2D eigenvalue weighted by Crippen LogP contribution is -2.32. The van der Waals surface area contributed by atoms with Crippen LogP contribution in [0.2, 0.25) is 0 Å². The fraction of sp³-hybridized carbons (Fsp3) is 0.438. The Kier molecular flexibility index (Phi) is 7.52. The van der Waals surface area contributed by atoms with Crippen molar-refractivity contribution in [2.75, 3.05) is 18.4 Å². The van der Waals surface area contributed by atoms with Crippen LogP contribution in [0.25, 0.3) is 0 Å². The van der Waals surface area contributed by atoms with Gasteiger partial charge in [0.1, 0.15) is 0 Å². The summed E-state index contributed by atoms with van der Waals surface area (Å²) in [5.74, 6) is 0.0748. The Morgan fingerprint density at radius 1 is 1.27 bits per heavy atom. The molecule has 120 valence electrons. The van der Waals surface area contributed by atoms with Crippen molar-refractivity contribution in [2.24, 2.45) is 5.10 Å². The van der Waals surface area contributed by atoms with Gasteiger partial charge in [-0.3, -0.25) is 10.2 Å². The predicted molar refractivity (Wildman–Crippen MR) is 96.2 cm³/mol. The number of rotatable bonds is 6. The molecule has 0 aliphatic carbocycles. The summed E-state index contributed by atoms with van der Waals surface area (Å²) in [6.07, 6.45) is 0.293. The molecular formula is C16H24N4OS. The van der Waals surface area contributed by atoms with Crippen LogP contribution in [0.15, 0.2) is 29.4 Å². The number of hydrogen-bond donors (Lipinski definition) is 2. The first-order chi connectivity index (χ1) is 10.5. The summed E-state index contributed by atoms with van der Waals surface area (Å²) in [6.45, 7) is 9.17. The van der Waals surface area contributed by atoms with Crippen LogP contribution in [0.1, 0.15) is 32.8 Å². The molecule has 1 amide bonds. The molecule has 0 atom stereocenters. The van der Waals surface area contributed by atoms with Crippen LogP contribution in [0, 0.1) is 6.92 Å². The number of thiocarbonyl (C=S) groups is 1. The molecule has 2 N–H and O–H groups in total. The van der Waals surface area contributed by atoms with Gasteiger partial charge in [0.25, 0.3) is 0 Å². The van der Waals surface area contributed by atoms with Crippen LogP contribution in [0.5, 0.6) is 0 Å². The molecule has 5 nitrogen and oxygen atoms in total. The number of hydrazone groups is 1. The lowest BCUT2D eigenvalue weighted by atomic mass is 10.2. The second kappa shape index (κ2) is 9.15. The van der Waals surface area contributed by atoms with Gasteiger partial charge >= 0.3 is 0 Å². The van der Waals surface area contributed by atoms with E-state index < -0.39 is 0 Å². The van der Waals surface area contributed by atoms with E-state index in [1.807, 2.05) is 52.0 Å². The topological polar surface area (TPSA) is 56.7 Å². The van der Waals surface area contributed by atoms with Crippen molar-refractivity contribution in [2.45, 2.75) is 34.1 Å². The zero-order valence-electron chi connectivity index (χ0n) is 13.6. The third-order valence-corrected chi connectivity index (χ3v) is 3.46. The zero-order chi connectivity index (χ0) is 16.5. The first-order valence-electron chi connectivity index (χ1n) is 7.41. The van der Waals surface area contributed by atoms with Crippen molar-refractivity contribution in [3.63, 3.8) is 0 Å². The van der Waals surface area contributed by atoms with Gasteiger partial charge in [-0.2, -0.15) is 5.10 Å². The van der Waals surface area contributed by atoms with Gasteiger partial charge < -0.3 is 10.2 Å². The molecule has 0 aliphatic rings. The normalized spacial score (nSPS) is 11.0. The fourth-order valence-electron chi connectivity index (χ4n) is 1.96. The Morgan fingerprint density at radius 3 is 2.50 bits per heavy atom. The van der Waals surface area contributed by atoms with Crippen molar-refractivity contribution in [1.29, 1.82) is 0 Å². The molecule has 0 aliphatic heterocycles. The lowest BCUT2D eigenvalue weighted by Gasteiger charge is -2.18. The van der Waals surface area contributed by atoms with Gasteiger partial charge in [-0.15, -0.1) is 0 Å². The highest BCUT2D eigenvalue weighted by atomic mass is 32.1. The summed E-state index contributed by atoms with van der Waals surface area (Å²) >= 11 is 5.20. The van der Waals surface area contributed by atoms with Crippen LogP contribution >= 0.6 is 12.2 Å². The average Bonchev–Trinajstić information content (AvgIpc) is 2.49. The van der Waals surface area contributed by atoms with Crippen molar-refractivity contribution in [3.8, 4) is 0 Å². The maximum absolute atomic E-state index is 12.0. The van der Waals surface area contributed by atoms with E-state index in [-0.39, 0.29) is 5.91 Å². The average molecular weight is 320 g/mol. The minimum Gasteiger partial charge on any atom is -0.343 e. The maximum atomic E-state index is 12.0. The first kappa shape index (κ1) is 18.1. The van der Waals surface area contributed by atoms with Gasteiger partial charge in [-0.05, 0) is 51.5 Å². The second-order valence-corrected chi connectivity index (χ2v) is 5.38. The number of carbonyl (C=O) groups is 1. The van der Waals surface area contributed by atoms with Gasteiger partial charge in [0.2, 0.25) is 5.91 Å². The molecule has 6 heteroatoms. The number of amides is 1. The summed E-state index contributed by atoms with van der Waals surface area (Å²) in [4.78, 5) is 13.7. The van der Waals surface area contributed by atoms with E-state index in [2.05, 4.69) is 15.8 Å². The Morgan fingerprint density at radius 2 is 1.91 bits per heavy atom. The second-order valence-electron chi connectivity index (χ2n) is 4.97. The number of para-hydroxylation sites is 1. The molecule has 0 saturated carbocycles. The smallest absolute Gasteiger partial charge is 0.228 e. The number of aryl methyl sites for hydroxylation is 1. The quantitative estimate of drug-likeness (QED) is 0.481. The molecule has 1 rings (SSSR count). The van der Waals surface area contributed by atoms with Gasteiger partial charge in [-0.25, -0.2) is 0 Å². The van der Waals surface area contributed by atoms with Gasteiger partial charge in [0.15, 0.2) is 5.11 Å². The summed E-state index contributed by atoms with van der Waals surface area (Å²) in [7, 11) is 0. The number of carbonyl (C=O) groups excluding carboxylic acids is 1. The maximum Gasteiger partial charge on any atom is 0.228 e. The van der Waals surface area contributed by atoms with Crippen LogP contribution < -0.4 is 10.7 Å². The summed E-state index contributed by atoms with van der Waals surface area (Å²) in [5.41, 5.74) is 5.51. The van der Waals surface area contributed by atoms with Crippen LogP contribution in [-0.2, 0) is 4.79 Å². The standard InChI is InChI=1S/C16H24N4OS/c1-5-20(6-2)15(21)11-13(4)18-19-16(22)17-14-10-8-7-9-12(14)3/h7-10H,5-6,11H2,1-4H3,(H2,17,19,22)/b18-13+. The fourth-order valence-corrected chi connectivity index (χ4v) is 2.11. The van der Waals surface area contributed by atoms with Gasteiger partial charge in [0, 0.05) is 24.5 Å². The molecule has 0 heterocycles. The minimum absolute atomic E-state index is 0.0748. The van der Waals surface area contributed by atoms with E-state index in [4.69, 9.17) is 12.2 Å². The highest BCUT2D eigenvalue weighted by Crippen LogP contribution is 2.12. The monoisotopic (exact) mass is 320 g/mol. The first-order valence-corrected chi connectivity index (χ1v) is 7.82. The van der Waals surface area contributed by atoms with Crippen LogP contribution in [0.3, 0.4) is 0 Å². The lowest BCUT2D eigenvalue weighted by molar-refractivity contribution is -0.129. The highest BCUT2D eigenvalue weighted by molar-refractivity contribution is 7.80. The predicted octanol–water partition coefficient (Wildman–Crippen LogP) is 2.92. The molecule has 0 bridgehead atoms. The van der Waals surface area contributed by atoms with E-state index in [9.17, 15) is 4.79 Å². The molecule has 1 aromatic carbocycles. The molecule has 0 fully saturated rings. The molecule has 22 heavy (non-hydrogen) atoms. The largest absolute Gasteiger partial charge is 0.343 e. The third kappa shape index (κ3) is 5.81. The number of hydrogen-bond acceptors (Lipinski definition) is 3. The van der Waals surface area contributed by atoms with Gasteiger partial charge in [0.05, 0.1) is 6.42 Å². The number of anilines is 1. The van der Waals surface area contributed by atoms with Crippen LogP contribution in [0.4, 0.5) is 5.69 Å². The number of benzene rings is 1. The molecule has 0 saturated heterocycles. The van der Waals surface area contributed by atoms with E-state index in [0.717, 1.165) is 11.3 Å². The van der Waals surface area contributed by atoms with Crippen LogP contribution in [-0.4, -0.2) is 34.7 Å². The molecule has 0 spiro atoms. The zero-order valence-corrected chi connectivity index (χ0v) is 14.5. The van der Waals surface area contributed by atoms with E-state index in [0.29, 0.717) is 30.3 Å². The van der Waals surface area contributed by atoms with Crippen molar-refractivity contribution in [1.82, 2.24) is 10.3 Å². The SMILES string of the molecule is CCN(CC)C(=O)C/C(C)=N/NC(=S)Nc1ccccc1C. The third-order valence-electron chi connectivity index (χ3n) is 3.26. The summed E-state index contributed by atoms with van der Waals surface area (Å²) < 4.78 is 0. The molecular weight excluding hydrogens is 296 g/mol. The van der Waals surface area contributed by atoms with Crippen molar-refractivity contribution < 1.29 is 4.79 Å². The van der Waals surface area contributed by atoms with E-state index >= 15 is 0 Å².